The van der Waals surface area contributed by atoms with Gasteiger partial charge in [0.05, 0.1) is 10.7 Å². The molecule has 2 fully saturated rings. The smallest absolute Gasteiger partial charge is 0.244 e. The summed E-state index contributed by atoms with van der Waals surface area (Å²) in [5.41, 5.74) is 5.95. The largest absolute Gasteiger partial charge is 0.398 e. The van der Waals surface area contributed by atoms with Crippen LogP contribution in [0.4, 0.5) is 5.69 Å². The van der Waals surface area contributed by atoms with Crippen LogP contribution >= 0.6 is 11.6 Å². The van der Waals surface area contributed by atoms with E-state index in [0.717, 1.165) is 0 Å². The van der Waals surface area contributed by atoms with Crippen LogP contribution in [0.25, 0.3) is 0 Å². The van der Waals surface area contributed by atoms with E-state index >= 15 is 0 Å². The van der Waals surface area contributed by atoms with Crippen LogP contribution < -0.4 is 10.5 Å². The van der Waals surface area contributed by atoms with Gasteiger partial charge < -0.3 is 5.73 Å². The second-order valence-corrected chi connectivity index (χ2v) is 7.96. The molecule has 0 aliphatic heterocycles. The fourth-order valence-electron chi connectivity index (χ4n) is 2.85. The molecule has 0 aromatic heterocycles. The van der Waals surface area contributed by atoms with Crippen molar-refractivity contribution >= 4 is 27.3 Å². The van der Waals surface area contributed by atoms with Gasteiger partial charge in [-0.3, -0.25) is 0 Å². The summed E-state index contributed by atoms with van der Waals surface area (Å²) in [6, 6.07) is 4.75. The third kappa shape index (κ3) is 2.95. The van der Waals surface area contributed by atoms with Crippen molar-refractivity contribution in [3.8, 4) is 0 Å². The molecule has 0 amide bonds. The van der Waals surface area contributed by atoms with Gasteiger partial charge in [-0.2, -0.15) is 0 Å². The molecule has 3 N–H and O–H groups in total. The van der Waals surface area contributed by atoms with Gasteiger partial charge in [0, 0.05) is 6.54 Å². The van der Waals surface area contributed by atoms with Crippen LogP contribution in [0.2, 0.25) is 5.02 Å². The van der Waals surface area contributed by atoms with Crippen LogP contribution in [0.15, 0.2) is 23.1 Å². The maximum atomic E-state index is 12.4. The Bertz CT molecular complexity index is 577. The number of hydrogen-bond donors (Lipinski definition) is 2. The summed E-state index contributed by atoms with van der Waals surface area (Å²) in [6.07, 6.45) is 4.93. The molecule has 1 aromatic rings. The van der Waals surface area contributed by atoms with E-state index in [0.29, 0.717) is 24.3 Å². The summed E-state index contributed by atoms with van der Waals surface area (Å²) in [5.74, 6) is 1.89. The molecule has 1 aromatic carbocycles. The van der Waals surface area contributed by atoms with Crippen LogP contribution in [0.1, 0.15) is 25.7 Å². The predicted molar refractivity (Wildman–Crippen MR) is 80.0 cm³/mol. The van der Waals surface area contributed by atoms with Gasteiger partial charge in [0.25, 0.3) is 0 Å². The van der Waals surface area contributed by atoms with Gasteiger partial charge in [0.15, 0.2) is 0 Å². The summed E-state index contributed by atoms with van der Waals surface area (Å²) in [5, 5.41) is 0.173. The summed E-state index contributed by atoms with van der Waals surface area (Å²) >= 11 is 5.98. The highest BCUT2D eigenvalue weighted by Crippen LogP contribution is 2.49. The van der Waals surface area contributed by atoms with E-state index < -0.39 is 10.0 Å². The molecule has 0 bridgehead atoms. The second-order valence-electron chi connectivity index (χ2n) is 5.85. The Kier molecular flexibility index (Phi) is 3.69. The van der Waals surface area contributed by atoms with Crippen molar-refractivity contribution in [3.05, 3.63) is 23.2 Å². The zero-order valence-corrected chi connectivity index (χ0v) is 12.8. The van der Waals surface area contributed by atoms with E-state index in [1.54, 1.807) is 18.2 Å². The Morgan fingerprint density at radius 3 is 2.35 bits per heavy atom. The molecule has 0 unspecified atom stereocenters. The highest BCUT2D eigenvalue weighted by atomic mass is 35.5. The molecule has 0 atom stereocenters. The minimum atomic E-state index is -3.64. The van der Waals surface area contributed by atoms with E-state index in [4.69, 9.17) is 17.3 Å². The van der Waals surface area contributed by atoms with Gasteiger partial charge in [-0.25, -0.2) is 13.1 Å². The average molecular weight is 315 g/mol. The number of nitrogens with two attached hydrogens (primary N) is 1. The summed E-state index contributed by atoms with van der Waals surface area (Å²) in [6.45, 7) is 0.502. The normalized spacial score (nSPS) is 19.5. The highest BCUT2D eigenvalue weighted by molar-refractivity contribution is 7.89. The summed E-state index contributed by atoms with van der Waals surface area (Å²) in [7, 11) is -3.64. The van der Waals surface area contributed by atoms with E-state index in [2.05, 4.69) is 4.72 Å². The lowest BCUT2D eigenvalue weighted by Crippen LogP contribution is -2.31. The Hall–Kier alpha value is -0.780. The Balaban J connectivity index is 1.75. The van der Waals surface area contributed by atoms with Crippen molar-refractivity contribution in [2.75, 3.05) is 12.3 Å². The van der Waals surface area contributed by atoms with E-state index in [1.807, 2.05) is 0 Å². The molecule has 2 aliphatic rings. The highest BCUT2D eigenvalue weighted by Gasteiger charge is 2.41. The summed E-state index contributed by atoms with van der Waals surface area (Å²) < 4.78 is 27.5. The van der Waals surface area contributed by atoms with Crippen molar-refractivity contribution < 1.29 is 8.42 Å². The van der Waals surface area contributed by atoms with Gasteiger partial charge in [-0.15, -0.1) is 0 Å². The average Bonchev–Trinajstić information content (AvgIpc) is 3.23. The SMILES string of the molecule is Nc1cccc(Cl)c1S(=O)(=O)NCC(C1CC1)C1CC1. The third-order valence-corrected chi connectivity index (χ3v) is 6.20. The van der Waals surface area contributed by atoms with Gasteiger partial charge in [0.1, 0.15) is 4.90 Å². The number of benzene rings is 1. The Morgan fingerprint density at radius 2 is 1.85 bits per heavy atom. The van der Waals surface area contributed by atoms with E-state index in [-0.39, 0.29) is 15.6 Å². The van der Waals surface area contributed by atoms with Crippen molar-refractivity contribution in [2.45, 2.75) is 30.6 Å². The first kappa shape index (κ1) is 14.2. The van der Waals surface area contributed by atoms with Crippen LogP contribution in [0.5, 0.6) is 0 Å². The van der Waals surface area contributed by atoms with Crippen molar-refractivity contribution in [3.63, 3.8) is 0 Å². The third-order valence-electron chi connectivity index (χ3n) is 4.23. The first-order valence-electron chi connectivity index (χ1n) is 7.02. The molecule has 0 heterocycles. The number of rotatable bonds is 6. The molecule has 2 aliphatic carbocycles. The lowest BCUT2D eigenvalue weighted by Gasteiger charge is -2.17. The fourth-order valence-corrected chi connectivity index (χ4v) is 4.60. The number of sulfonamides is 1. The topological polar surface area (TPSA) is 72.2 Å². The zero-order chi connectivity index (χ0) is 14.3. The maximum absolute atomic E-state index is 12.4. The molecule has 0 spiro atoms. The number of nitrogen functional groups attached to an aromatic ring is 1. The molecule has 6 heteroatoms. The molecular formula is C14H19ClN2O2S. The van der Waals surface area contributed by atoms with E-state index in [1.165, 1.54) is 25.7 Å². The second kappa shape index (κ2) is 5.20. The molecule has 20 heavy (non-hydrogen) atoms. The lowest BCUT2D eigenvalue weighted by atomic mass is 9.99. The van der Waals surface area contributed by atoms with Gasteiger partial charge in [-0.1, -0.05) is 17.7 Å². The monoisotopic (exact) mass is 314 g/mol. The fraction of sp³-hybridized carbons (Fsp3) is 0.571. The lowest BCUT2D eigenvalue weighted by molar-refractivity contribution is 0.401. The number of nitrogens with one attached hydrogen (secondary N) is 1. The number of halogens is 1. The molecule has 2 saturated carbocycles. The van der Waals surface area contributed by atoms with Gasteiger partial charge >= 0.3 is 0 Å². The minimum absolute atomic E-state index is 0.00649. The van der Waals surface area contributed by atoms with Crippen LogP contribution in [-0.4, -0.2) is 15.0 Å². The van der Waals surface area contributed by atoms with Gasteiger partial charge in [0.2, 0.25) is 10.0 Å². The van der Waals surface area contributed by atoms with Crippen molar-refractivity contribution in [1.82, 2.24) is 4.72 Å². The molecule has 0 radical (unpaired) electrons. The first-order chi connectivity index (χ1) is 9.49. The van der Waals surface area contributed by atoms with Crippen molar-refractivity contribution in [1.29, 1.82) is 0 Å². The van der Waals surface area contributed by atoms with E-state index in [9.17, 15) is 8.42 Å². The first-order valence-corrected chi connectivity index (χ1v) is 8.89. The summed E-state index contributed by atoms with van der Waals surface area (Å²) in [4.78, 5) is 0.00649. The van der Waals surface area contributed by atoms with Crippen LogP contribution in [0, 0.1) is 17.8 Å². The molecule has 3 rings (SSSR count). The van der Waals surface area contributed by atoms with Crippen molar-refractivity contribution in [2.24, 2.45) is 17.8 Å². The number of hydrogen-bond acceptors (Lipinski definition) is 3. The van der Waals surface area contributed by atoms with Crippen LogP contribution in [0.3, 0.4) is 0 Å². The van der Waals surface area contributed by atoms with Gasteiger partial charge in [-0.05, 0) is 55.6 Å². The molecule has 0 saturated heterocycles. The molecule has 110 valence electrons. The quantitative estimate of drug-likeness (QED) is 0.793. The minimum Gasteiger partial charge on any atom is -0.398 e. The van der Waals surface area contributed by atoms with Crippen LogP contribution in [-0.2, 0) is 10.0 Å². The Labute approximate surface area is 124 Å². The standard InChI is InChI=1S/C14H19ClN2O2S/c15-12-2-1-3-13(16)14(12)20(18,19)17-8-11(9-4-5-9)10-6-7-10/h1-3,9-11,17H,4-8,16H2. The number of anilines is 1. The Morgan fingerprint density at radius 1 is 1.25 bits per heavy atom. The molecular weight excluding hydrogens is 296 g/mol. The zero-order valence-electron chi connectivity index (χ0n) is 11.2. The maximum Gasteiger partial charge on any atom is 0.244 e. The molecule has 4 nitrogen and oxygen atoms in total. The predicted octanol–water partition coefficient (Wildman–Crippen LogP) is 2.64.